The quantitative estimate of drug-likeness (QED) is 0.261. The largest absolute Gasteiger partial charge is 0.409 e. The van der Waals surface area contributed by atoms with Gasteiger partial charge in [-0.3, -0.25) is 4.79 Å². The number of rotatable bonds is 4. The van der Waals surface area contributed by atoms with Crippen LogP contribution in [0.2, 0.25) is 0 Å². The summed E-state index contributed by atoms with van der Waals surface area (Å²) < 4.78 is 22.4. The highest BCUT2D eigenvalue weighted by molar-refractivity contribution is 7.91. The minimum Gasteiger partial charge on any atom is -0.409 e. The first-order chi connectivity index (χ1) is 7.89. The van der Waals surface area contributed by atoms with Gasteiger partial charge in [-0.2, -0.15) is 0 Å². The van der Waals surface area contributed by atoms with Crippen LogP contribution in [-0.2, 0) is 14.6 Å². The van der Waals surface area contributed by atoms with Gasteiger partial charge in [0.05, 0.1) is 17.4 Å². The van der Waals surface area contributed by atoms with Crippen LogP contribution >= 0.6 is 0 Å². The number of carbonyl (C=O) groups excluding carboxylic acids is 1. The van der Waals surface area contributed by atoms with Gasteiger partial charge in [0.15, 0.2) is 15.7 Å². The molecule has 0 radical (unpaired) electrons. The Kier molecular flexibility index (Phi) is 4.33. The summed E-state index contributed by atoms with van der Waals surface area (Å²) in [6.45, 7) is 1.73. The lowest BCUT2D eigenvalue weighted by Gasteiger charge is -2.16. The Labute approximate surface area is 100.0 Å². The van der Waals surface area contributed by atoms with Gasteiger partial charge < -0.3 is 16.3 Å². The number of amidine groups is 1. The third kappa shape index (κ3) is 3.58. The van der Waals surface area contributed by atoms with E-state index in [2.05, 4.69) is 10.5 Å². The van der Waals surface area contributed by atoms with Gasteiger partial charge >= 0.3 is 0 Å². The topological polar surface area (TPSA) is 122 Å². The van der Waals surface area contributed by atoms with Crippen LogP contribution in [0.25, 0.3) is 0 Å². The van der Waals surface area contributed by atoms with Crippen LogP contribution in [0.5, 0.6) is 0 Å². The molecule has 98 valence electrons. The molecular formula is C9H17N3O4S. The fourth-order valence-corrected chi connectivity index (χ4v) is 3.48. The van der Waals surface area contributed by atoms with Gasteiger partial charge in [-0.25, -0.2) is 8.42 Å². The predicted octanol–water partition coefficient (Wildman–Crippen LogP) is -0.938. The SMILES string of the molecule is CCC(C(=O)NC1CCS(=O)(=O)C1)C(N)=NO. The molecular weight excluding hydrogens is 246 g/mol. The molecule has 2 atom stereocenters. The first-order valence-electron chi connectivity index (χ1n) is 5.37. The molecule has 1 saturated heterocycles. The number of nitrogens with zero attached hydrogens (tertiary/aromatic N) is 1. The summed E-state index contributed by atoms with van der Waals surface area (Å²) in [4.78, 5) is 11.8. The van der Waals surface area contributed by atoms with Crippen molar-refractivity contribution < 1.29 is 18.4 Å². The molecule has 0 aromatic carbocycles. The summed E-state index contributed by atoms with van der Waals surface area (Å²) in [5.74, 6) is -1.22. The Morgan fingerprint density at radius 1 is 1.65 bits per heavy atom. The molecule has 0 aliphatic carbocycles. The van der Waals surface area contributed by atoms with Crippen LogP contribution in [0.15, 0.2) is 5.16 Å². The fraction of sp³-hybridized carbons (Fsp3) is 0.778. The van der Waals surface area contributed by atoms with E-state index in [1.54, 1.807) is 6.92 Å². The van der Waals surface area contributed by atoms with E-state index < -0.39 is 21.7 Å². The Morgan fingerprint density at radius 3 is 2.71 bits per heavy atom. The van der Waals surface area contributed by atoms with Crippen molar-refractivity contribution in [1.82, 2.24) is 5.32 Å². The number of oxime groups is 1. The van der Waals surface area contributed by atoms with E-state index in [1.165, 1.54) is 0 Å². The molecule has 7 nitrogen and oxygen atoms in total. The molecule has 1 aliphatic heterocycles. The zero-order valence-electron chi connectivity index (χ0n) is 9.59. The van der Waals surface area contributed by atoms with Gasteiger partial charge in [0.25, 0.3) is 0 Å². The second kappa shape index (κ2) is 5.35. The molecule has 17 heavy (non-hydrogen) atoms. The molecule has 0 aromatic rings. The van der Waals surface area contributed by atoms with Crippen LogP contribution in [0.3, 0.4) is 0 Å². The molecule has 8 heteroatoms. The van der Waals surface area contributed by atoms with E-state index in [0.717, 1.165) is 0 Å². The molecule has 1 amide bonds. The molecule has 1 fully saturated rings. The Bertz CT molecular complexity index is 418. The second-order valence-electron chi connectivity index (χ2n) is 4.09. The highest BCUT2D eigenvalue weighted by Crippen LogP contribution is 2.12. The summed E-state index contributed by atoms with van der Waals surface area (Å²) >= 11 is 0. The van der Waals surface area contributed by atoms with Crippen molar-refractivity contribution in [2.45, 2.75) is 25.8 Å². The minimum atomic E-state index is -3.02. The molecule has 1 heterocycles. The lowest BCUT2D eigenvalue weighted by Crippen LogP contribution is -2.43. The summed E-state index contributed by atoms with van der Waals surface area (Å²) in [5.41, 5.74) is 5.38. The maximum Gasteiger partial charge on any atom is 0.231 e. The molecule has 0 saturated carbocycles. The summed E-state index contributed by atoms with van der Waals surface area (Å²) in [6, 6.07) is -0.368. The summed E-state index contributed by atoms with van der Waals surface area (Å²) in [7, 11) is -3.02. The smallest absolute Gasteiger partial charge is 0.231 e. The van der Waals surface area contributed by atoms with E-state index in [0.29, 0.717) is 12.8 Å². The molecule has 0 aromatic heterocycles. The summed E-state index contributed by atoms with van der Waals surface area (Å²) in [5, 5.41) is 13.9. The van der Waals surface area contributed by atoms with Crippen LogP contribution in [0.4, 0.5) is 0 Å². The minimum absolute atomic E-state index is 0.0364. The van der Waals surface area contributed by atoms with Gasteiger partial charge in [0.2, 0.25) is 5.91 Å². The van der Waals surface area contributed by atoms with Gasteiger partial charge in [0.1, 0.15) is 0 Å². The molecule has 1 rings (SSSR count). The molecule has 4 N–H and O–H groups in total. The number of hydrogen-bond acceptors (Lipinski definition) is 5. The Hall–Kier alpha value is -1.31. The van der Waals surface area contributed by atoms with Crippen molar-refractivity contribution in [3.63, 3.8) is 0 Å². The molecule has 1 aliphatic rings. The van der Waals surface area contributed by atoms with E-state index in [-0.39, 0.29) is 23.4 Å². The van der Waals surface area contributed by atoms with E-state index in [1.807, 2.05) is 0 Å². The van der Waals surface area contributed by atoms with Crippen molar-refractivity contribution in [1.29, 1.82) is 0 Å². The van der Waals surface area contributed by atoms with Crippen molar-refractivity contribution in [3.05, 3.63) is 0 Å². The highest BCUT2D eigenvalue weighted by atomic mass is 32.2. The van der Waals surface area contributed by atoms with Crippen molar-refractivity contribution in [2.24, 2.45) is 16.8 Å². The average molecular weight is 263 g/mol. The maximum absolute atomic E-state index is 11.8. The van der Waals surface area contributed by atoms with Gasteiger partial charge in [-0.15, -0.1) is 0 Å². The molecule has 0 spiro atoms. The lowest BCUT2D eigenvalue weighted by atomic mass is 10.0. The molecule has 2 unspecified atom stereocenters. The van der Waals surface area contributed by atoms with Crippen molar-refractivity contribution in [2.75, 3.05) is 11.5 Å². The van der Waals surface area contributed by atoms with E-state index in [9.17, 15) is 13.2 Å². The zero-order valence-corrected chi connectivity index (χ0v) is 10.4. The number of carbonyl (C=O) groups is 1. The van der Waals surface area contributed by atoms with Crippen LogP contribution in [-0.4, -0.2) is 42.9 Å². The third-order valence-electron chi connectivity index (χ3n) is 2.78. The maximum atomic E-state index is 11.8. The normalized spacial score (nSPS) is 25.5. The van der Waals surface area contributed by atoms with E-state index >= 15 is 0 Å². The second-order valence-corrected chi connectivity index (χ2v) is 6.32. The van der Waals surface area contributed by atoms with Gasteiger partial charge in [0, 0.05) is 6.04 Å². The predicted molar refractivity (Wildman–Crippen MR) is 62.4 cm³/mol. The average Bonchev–Trinajstić information content (AvgIpc) is 2.58. The number of hydrogen-bond donors (Lipinski definition) is 3. The Morgan fingerprint density at radius 2 is 2.29 bits per heavy atom. The molecule has 0 bridgehead atoms. The van der Waals surface area contributed by atoms with Crippen LogP contribution < -0.4 is 11.1 Å². The van der Waals surface area contributed by atoms with E-state index in [4.69, 9.17) is 10.9 Å². The van der Waals surface area contributed by atoms with Gasteiger partial charge in [-0.05, 0) is 12.8 Å². The van der Waals surface area contributed by atoms with Crippen LogP contribution in [0.1, 0.15) is 19.8 Å². The van der Waals surface area contributed by atoms with Gasteiger partial charge in [-0.1, -0.05) is 12.1 Å². The lowest BCUT2D eigenvalue weighted by molar-refractivity contribution is -0.123. The zero-order chi connectivity index (χ0) is 13.1. The highest BCUT2D eigenvalue weighted by Gasteiger charge is 2.31. The number of nitrogens with one attached hydrogen (secondary N) is 1. The standard InChI is InChI=1S/C9H17N3O4S/c1-2-7(8(10)12-14)9(13)11-6-3-4-17(15,16)5-6/h6-7,14H,2-5H2,1H3,(H2,10,12)(H,11,13). The number of amides is 1. The fourth-order valence-electron chi connectivity index (χ4n) is 1.81. The monoisotopic (exact) mass is 263 g/mol. The summed E-state index contributed by atoms with van der Waals surface area (Å²) in [6.07, 6.45) is 0.807. The number of sulfone groups is 1. The Balaban J connectivity index is 2.60. The number of nitrogens with two attached hydrogens (primary N) is 1. The van der Waals surface area contributed by atoms with Crippen molar-refractivity contribution >= 4 is 21.6 Å². The first-order valence-corrected chi connectivity index (χ1v) is 7.20. The van der Waals surface area contributed by atoms with Crippen LogP contribution in [0, 0.1) is 5.92 Å². The van der Waals surface area contributed by atoms with Crippen molar-refractivity contribution in [3.8, 4) is 0 Å². The first kappa shape index (κ1) is 13.8. The third-order valence-corrected chi connectivity index (χ3v) is 4.54.